The Kier molecular flexibility index (Phi) is 8.14. The van der Waals surface area contributed by atoms with Gasteiger partial charge in [-0.05, 0) is 47.2 Å². The fraction of sp³-hybridized carbons (Fsp3) is 0.129. The number of hydrogen-bond acceptors (Lipinski definition) is 8. The number of thiazole rings is 1. The molecule has 0 radical (unpaired) electrons. The van der Waals surface area contributed by atoms with Crippen LogP contribution < -0.4 is 16.6 Å². The summed E-state index contributed by atoms with van der Waals surface area (Å²) in [6, 6.07) is 25.6. The summed E-state index contributed by atoms with van der Waals surface area (Å²) < 4.78 is 1.79. The first-order valence-electron chi connectivity index (χ1n) is 12.9. The third-order valence-electron chi connectivity index (χ3n) is 6.52. The van der Waals surface area contributed by atoms with E-state index in [1.54, 1.807) is 10.1 Å². The topological polar surface area (TPSA) is 136 Å². The SMILES string of the molecule is CC(=O)O.C[C@H](Nc1ncnc2scnc12)c1cc2cccc(-c3ccc(CN)cc3)c2c(=O)n1-c1ccccc1. The molecule has 6 rings (SSSR count). The molecule has 0 unspecified atom stereocenters. The number of pyridine rings is 1. The highest BCUT2D eigenvalue weighted by molar-refractivity contribution is 7.16. The van der Waals surface area contributed by atoms with Crippen LogP contribution in [0.3, 0.4) is 0 Å². The number of aromatic nitrogens is 4. The molecule has 0 amide bonds. The Balaban J connectivity index is 0.000000794. The zero-order valence-corrected chi connectivity index (χ0v) is 23.3. The van der Waals surface area contributed by atoms with E-state index in [0.29, 0.717) is 17.7 Å². The van der Waals surface area contributed by atoms with Gasteiger partial charge in [0.2, 0.25) is 0 Å². The Morgan fingerprint density at radius 3 is 2.46 bits per heavy atom. The van der Waals surface area contributed by atoms with Crippen molar-refractivity contribution in [1.82, 2.24) is 19.5 Å². The molecule has 10 heteroatoms. The molecule has 0 saturated heterocycles. The molecule has 0 saturated carbocycles. The van der Waals surface area contributed by atoms with Crippen LogP contribution in [0.5, 0.6) is 0 Å². The van der Waals surface area contributed by atoms with Crippen molar-refractivity contribution in [3.63, 3.8) is 0 Å². The molecule has 41 heavy (non-hydrogen) atoms. The second-order valence-electron chi connectivity index (χ2n) is 9.33. The molecular formula is C31H28N6O3S. The van der Waals surface area contributed by atoms with Gasteiger partial charge in [0.25, 0.3) is 11.5 Å². The molecule has 0 aliphatic heterocycles. The molecule has 3 heterocycles. The largest absolute Gasteiger partial charge is 0.481 e. The molecule has 3 aromatic carbocycles. The van der Waals surface area contributed by atoms with Crippen LogP contribution in [0.2, 0.25) is 0 Å². The van der Waals surface area contributed by atoms with Crippen molar-refractivity contribution < 1.29 is 9.90 Å². The predicted molar refractivity (Wildman–Crippen MR) is 163 cm³/mol. The van der Waals surface area contributed by atoms with Crippen molar-refractivity contribution in [1.29, 1.82) is 0 Å². The number of fused-ring (bicyclic) bond motifs is 2. The van der Waals surface area contributed by atoms with Crippen LogP contribution in [-0.4, -0.2) is 30.6 Å². The maximum atomic E-state index is 14.3. The number of rotatable bonds is 6. The average molecular weight is 565 g/mol. The second kappa shape index (κ2) is 12.1. The highest BCUT2D eigenvalue weighted by Gasteiger charge is 2.20. The number of carboxylic acids is 1. The third kappa shape index (κ3) is 5.84. The van der Waals surface area contributed by atoms with Crippen molar-refractivity contribution in [2.75, 3.05) is 5.32 Å². The van der Waals surface area contributed by atoms with E-state index in [1.165, 1.54) is 17.7 Å². The van der Waals surface area contributed by atoms with Crippen molar-refractivity contribution in [2.24, 2.45) is 5.73 Å². The molecule has 4 N–H and O–H groups in total. The summed E-state index contributed by atoms with van der Waals surface area (Å²) in [7, 11) is 0. The molecule has 9 nitrogen and oxygen atoms in total. The molecule has 0 bridgehead atoms. The zero-order chi connectivity index (χ0) is 28.9. The summed E-state index contributed by atoms with van der Waals surface area (Å²) >= 11 is 1.47. The smallest absolute Gasteiger partial charge is 0.300 e. The van der Waals surface area contributed by atoms with E-state index in [-0.39, 0.29) is 11.6 Å². The lowest BCUT2D eigenvalue weighted by atomic mass is 9.97. The van der Waals surface area contributed by atoms with E-state index in [1.807, 2.05) is 79.7 Å². The number of hydrogen-bond donors (Lipinski definition) is 3. The molecule has 3 aromatic heterocycles. The van der Waals surface area contributed by atoms with Gasteiger partial charge in [-0.25, -0.2) is 15.0 Å². The minimum atomic E-state index is -0.833. The van der Waals surface area contributed by atoms with E-state index in [2.05, 4.69) is 26.3 Å². The fourth-order valence-electron chi connectivity index (χ4n) is 4.68. The van der Waals surface area contributed by atoms with Crippen LogP contribution in [0.1, 0.15) is 31.1 Å². The van der Waals surface area contributed by atoms with E-state index >= 15 is 0 Å². The number of anilines is 1. The van der Waals surface area contributed by atoms with Gasteiger partial charge in [-0.3, -0.25) is 14.2 Å². The van der Waals surface area contributed by atoms with Gasteiger partial charge in [-0.1, -0.05) is 60.7 Å². The standard InChI is InChI=1S/C29H24N6OS.C2H4O2/c1-18(34-27-26-28(32-16-31-27)37-17-33-26)24-14-21-6-5-9-23(20-12-10-19(15-30)11-13-20)25(21)29(36)35(24)22-7-3-2-4-8-22;1-2(3)4/h2-14,16-18H,15,30H2,1H3,(H,31,32,34);1H3,(H,3,4)/t18-;/m0./s1. The average Bonchev–Trinajstić information content (AvgIpc) is 3.47. The minimum absolute atomic E-state index is 0.0765. The van der Waals surface area contributed by atoms with Gasteiger partial charge in [0, 0.05) is 24.8 Å². The van der Waals surface area contributed by atoms with Gasteiger partial charge >= 0.3 is 0 Å². The van der Waals surface area contributed by atoms with Gasteiger partial charge in [-0.15, -0.1) is 11.3 Å². The maximum absolute atomic E-state index is 14.3. The van der Waals surface area contributed by atoms with Gasteiger partial charge in [-0.2, -0.15) is 0 Å². The minimum Gasteiger partial charge on any atom is -0.481 e. The molecule has 0 aliphatic rings. The summed E-state index contributed by atoms with van der Waals surface area (Å²) in [5.41, 5.74) is 12.7. The highest BCUT2D eigenvalue weighted by Crippen LogP contribution is 2.31. The summed E-state index contributed by atoms with van der Waals surface area (Å²) in [6.07, 6.45) is 1.53. The zero-order valence-electron chi connectivity index (χ0n) is 22.5. The summed E-state index contributed by atoms with van der Waals surface area (Å²) in [5.74, 6) is -0.195. The molecular weight excluding hydrogens is 536 g/mol. The second-order valence-corrected chi connectivity index (χ2v) is 10.2. The van der Waals surface area contributed by atoms with Gasteiger partial charge in [0.05, 0.1) is 16.9 Å². The number of carboxylic acid groups (broad SMARTS) is 1. The third-order valence-corrected chi connectivity index (χ3v) is 7.25. The Hall–Kier alpha value is -4.93. The molecule has 1 atom stereocenters. The predicted octanol–water partition coefficient (Wildman–Crippen LogP) is 5.78. The first kappa shape index (κ1) is 27.6. The fourth-order valence-corrected chi connectivity index (χ4v) is 5.31. The molecule has 0 spiro atoms. The van der Waals surface area contributed by atoms with Crippen LogP contribution in [0.25, 0.3) is 37.9 Å². The monoisotopic (exact) mass is 564 g/mol. The van der Waals surface area contributed by atoms with Crippen molar-refractivity contribution in [2.45, 2.75) is 26.4 Å². The lowest BCUT2D eigenvalue weighted by Gasteiger charge is -2.22. The Morgan fingerprint density at radius 2 is 1.76 bits per heavy atom. The maximum Gasteiger partial charge on any atom is 0.300 e. The molecule has 0 fully saturated rings. The summed E-state index contributed by atoms with van der Waals surface area (Å²) in [5, 5.41) is 12.4. The Labute approximate surface area is 240 Å². The van der Waals surface area contributed by atoms with E-state index in [9.17, 15) is 4.79 Å². The van der Waals surface area contributed by atoms with Crippen LogP contribution in [0, 0.1) is 0 Å². The van der Waals surface area contributed by atoms with Gasteiger partial charge < -0.3 is 16.2 Å². The van der Waals surface area contributed by atoms with Crippen molar-refractivity contribution >= 4 is 44.2 Å². The number of aliphatic carboxylic acids is 1. The van der Waals surface area contributed by atoms with Crippen molar-refractivity contribution in [3.8, 4) is 16.8 Å². The lowest BCUT2D eigenvalue weighted by Crippen LogP contribution is -2.26. The van der Waals surface area contributed by atoms with E-state index in [0.717, 1.165) is 50.7 Å². The van der Waals surface area contributed by atoms with E-state index < -0.39 is 5.97 Å². The van der Waals surface area contributed by atoms with Crippen LogP contribution in [0.15, 0.2) is 95.5 Å². The molecule has 0 aliphatic carbocycles. The highest BCUT2D eigenvalue weighted by atomic mass is 32.1. The number of nitrogens with two attached hydrogens (primary N) is 1. The van der Waals surface area contributed by atoms with Crippen molar-refractivity contribution in [3.05, 3.63) is 112 Å². The first-order valence-corrected chi connectivity index (χ1v) is 13.8. The normalized spacial score (nSPS) is 11.6. The Morgan fingerprint density at radius 1 is 1.02 bits per heavy atom. The first-order chi connectivity index (χ1) is 19.9. The lowest BCUT2D eigenvalue weighted by molar-refractivity contribution is -0.134. The van der Waals surface area contributed by atoms with Gasteiger partial charge in [0.15, 0.2) is 5.82 Å². The number of para-hydroxylation sites is 1. The molecule has 6 aromatic rings. The van der Waals surface area contributed by atoms with Crippen LogP contribution in [-0.2, 0) is 11.3 Å². The quantitative estimate of drug-likeness (QED) is 0.232. The summed E-state index contributed by atoms with van der Waals surface area (Å²) in [6.45, 7) is 3.58. The number of benzene rings is 3. The number of carbonyl (C=O) groups is 1. The molecule has 206 valence electrons. The van der Waals surface area contributed by atoms with Crippen LogP contribution >= 0.6 is 11.3 Å². The Bertz CT molecular complexity index is 1880. The number of nitrogens with one attached hydrogen (secondary N) is 1. The van der Waals surface area contributed by atoms with Gasteiger partial charge in [0.1, 0.15) is 16.7 Å². The summed E-state index contributed by atoms with van der Waals surface area (Å²) in [4.78, 5) is 37.2. The number of nitrogens with zero attached hydrogens (tertiary/aromatic N) is 4. The van der Waals surface area contributed by atoms with Crippen LogP contribution in [0.4, 0.5) is 5.82 Å². The van der Waals surface area contributed by atoms with E-state index in [4.69, 9.17) is 15.6 Å².